The smallest absolute Gasteiger partial charge is 0.363 e. The fourth-order valence-corrected chi connectivity index (χ4v) is 2.93. The summed E-state index contributed by atoms with van der Waals surface area (Å²) in [6.07, 6.45) is 3.29. The van der Waals surface area contributed by atoms with Gasteiger partial charge in [-0.05, 0) is 31.2 Å². The summed E-state index contributed by atoms with van der Waals surface area (Å²) in [6.45, 7) is 1.52. The van der Waals surface area contributed by atoms with Gasteiger partial charge in [-0.15, -0.1) is 0 Å². The van der Waals surface area contributed by atoms with E-state index in [1.807, 2.05) is 30.3 Å². The molecule has 0 aliphatic heterocycles. The molecular weight excluding hydrogens is 387 g/mol. The highest BCUT2D eigenvalue weighted by Crippen LogP contribution is 2.14. The van der Waals surface area contributed by atoms with Crippen LogP contribution in [0, 0.1) is 12.7 Å². The van der Waals surface area contributed by atoms with Crippen LogP contribution in [0.15, 0.2) is 77.9 Å². The number of hydrogen-bond donors (Lipinski definition) is 0. The van der Waals surface area contributed by atoms with Gasteiger partial charge in [0.2, 0.25) is 11.1 Å². The second-order valence-corrected chi connectivity index (χ2v) is 6.57. The number of aromatic nitrogens is 4. The average Bonchev–Trinajstić information content (AvgIpc) is 3.23. The molecule has 0 N–H and O–H groups in total. The number of aryl methyl sites for hydroxylation is 1. The fourth-order valence-electron chi connectivity index (χ4n) is 2.93. The number of para-hydroxylation sites is 2. The van der Waals surface area contributed by atoms with Crippen molar-refractivity contribution in [1.29, 1.82) is 0 Å². The fraction of sp³-hybridized carbons (Fsp3) is 0.0909. The summed E-state index contributed by atoms with van der Waals surface area (Å²) in [5.74, 6) is -1.41. The Hall–Kier alpha value is -4.07. The molecule has 2 heterocycles. The maximum atomic E-state index is 14.1. The van der Waals surface area contributed by atoms with Crippen molar-refractivity contribution in [3.63, 3.8) is 0 Å². The number of rotatable bonds is 5. The van der Waals surface area contributed by atoms with Crippen molar-refractivity contribution in [3.8, 4) is 11.4 Å². The zero-order valence-electron chi connectivity index (χ0n) is 16.0. The van der Waals surface area contributed by atoms with Gasteiger partial charge in [-0.25, -0.2) is 18.5 Å². The molecule has 0 amide bonds. The summed E-state index contributed by atoms with van der Waals surface area (Å²) in [5.41, 5.74) is 1.03. The lowest BCUT2D eigenvalue weighted by molar-refractivity contribution is 0.0461. The Balaban J connectivity index is 1.54. The number of hydrogen-bond acceptors (Lipinski definition) is 5. The summed E-state index contributed by atoms with van der Waals surface area (Å²) >= 11 is 0. The minimum atomic E-state index is -0.891. The molecule has 2 aromatic carbocycles. The number of nitrogens with zero attached hydrogens (tertiary/aromatic N) is 4. The summed E-state index contributed by atoms with van der Waals surface area (Å²) < 4.78 is 22.2. The average molecular weight is 404 g/mol. The van der Waals surface area contributed by atoms with Gasteiger partial charge >= 0.3 is 5.97 Å². The third-order valence-corrected chi connectivity index (χ3v) is 4.41. The number of ether oxygens (including phenoxy) is 1. The second kappa shape index (κ2) is 8.12. The minimum absolute atomic E-state index is 0.0830. The molecule has 0 aliphatic carbocycles. The van der Waals surface area contributed by atoms with E-state index < -0.39 is 22.9 Å². The van der Waals surface area contributed by atoms with Crippen LogP contribution in [-0.2, 0) is 11.3 Å². The summed E-state index contributed by atoms with van der Waals surface area (Å²) in [6, 6.07) is 16.7. The molecule has 0 spiro atoms. The number of esters is 1. The maximum Gasteiger partial charge on any atom is 0.363 e. The van der Waals surface area contributed by atoms with Gasteiger partial charge in [0, 0.05) is 23.5 Å². The molecule has 150 valence electrons. The molecule has 0 atom stereocenters. The van der Waals surface area contributed by atoms with Crippen LogP contribution in [0.1, 0.15) is 21.7 Å². The Bertz CT molecular complexity index is 1260. The Morgan fingerprint density at radius 3 is 2.60 bits per heavy atom. The highest BCUT2D eigenvalue weighted by atomic mass is 19.1. The summed E-state index contributed by atoms with van der Waals surface area (Å²) in [7, 11) is 0. The normalized spacial score (nSPS) is 10.7. The van der Waals surface area contributed by atoms with E-state index >= 15 is 0 Å². The quantitative estimate of drug-likeness (QED) is 0.477. The van der Waals surface area contributed by atoms with Gasteiger partial charge < -0.3 is 4.74 Å². The van der Waals surface area contributed by atoms with Gasteiger partial charge in [0.1, 0.15) is 18.1 Å². The predicted molar refractivity (Wildman–Crippen MR) is 107 cm³/mol. The van der Waals surface area contributed by atoms with Crippen molar-refractivity contribution in [2.75, 3.05) is 0 Å². The van der Waals surface area contributed by atoms with E-state index in [9.17, 15) is 14.0 Å². The maximum absolute atomic E-state index is 14.1. The topological polar surface area (TPSA) is 79.0 Å². The van der Waals surface area contributed by atoms with Gasteiger partial charge in [0.05, 0.1) is 11.9 Å². The van der Waals surface area contributed by atoms with Crippen LogP contribution >= 0.6 is 0 Å². The van der Waals surface area contributed by atoms with E-state index in [1.54, 1.807) is 36.1 Å². The van der Waals surface area contributed by atoms with Crippen LogP contribution in [0.4, 0.5) is 4.39 Å². The van der Waals surface area contributed by atoms with Crippen molar-refractivity contribution in [3.05, 3.63) is 106 Å². The monoisotopic (exact) mass is 404 g/mol. The first-order valence-corrected chi connectivity index (χ1v) is 9.15. The Morgan fingerprint density at radius 2 is 1.83 bits per heavy atom. The highest BCUT2D eigenvalue weighted by molar-refractivity contribution is 5.86. The Labute approximate surface area is 171 Å². The number of halogens is 1. The van der Waals surface area contributed by atoms with E-state index in [4.69, 9.17) is 4.74 Å². The molecule has 0 fully saturated rings. The van der Waals surface area contributed by atoms with Crippen LogP contribution in [0.5, 0.6) is 0 Å². The predicted octanol–water partition coefficient (Wildman–Crippen LogP) is 3.22. The van der Waals surface area contributed by atoms with E-state index in [-0.39, 0.29) is 12.3 Å². The van der Waals surface area contributed by atoms with E-state index in [0.29, 0.717) is 11.3 Å². The van der Waals surface area contributed by atoms with Crippen molar-refractivity contribution in [2.45, 2.75) is 13.5 Å². The van der Waals surface area contributed by atoms with Gasteiger partial charge in [0.15, 0.2) is 0 Å². The first-order chi connectivity index (χ1) is 14.5. The molecule has 4 rings (SSSR count). The third kappa shape index (κ3) is 3.88. The lowest BCUT2D eigenvalue weighted by Crippen LogP contribution is -2.24. The summed E-state index contributed by atoms with van der Waals surface area (Å²) in [4.78, 5) is 24.7. The van der Waals surface area contributed by atoms with Crippen LogP contribution in [0.2, 0.25) is 0 Å². The highest BCUT2D eigenvalue weighted by Gasteiger charge is 2.18. The molecule has 0 bridgehead atoms. The van der Waals surface area contributed by atoms with Crippen LogP contribution in [0.3, 0.4) is 0 Å². The molecule has 7 nitrogen and oxygen atoms in total. The molecule has 0 aliphatic rings. The molecule has 4 aromatic rings. The van der Waals surface area contributed by atoms with E-state index in [2.05, 4.69) is 10.2 Å². The number of carbonyl (C=O) groups excluding carboxylic acids is 1. The zero-order valence-corrected chi connectivity index (χ0v) is 16.0. The van der Waals surface area contributed by atoms with Gasteiger partial charge in [-0.3, -0.25) is 4.79 Å². The molecule has 0 saturated carbocycles. The Kier molecular flexibility index (Phi) is 5.21. The Morgan fingerprint density at radius 1 is 1.10 bits per heavy atom. The standard InChI is InChI=1S/C22H17FN4O3/c1-15-11-20(28)21(25-27(15)19-10-6-5-9-18(19)23)22(29)30-14-16-12-24-26(13-16)17-7-3-2-4-8-17/h2-13H,14H2,1H3. The SMILES string of the molecule is Cc1cc(=O)c(C(=O)OCc2cnn(-c3ccccc3)c2)nn1-c1ccccc1F. The molecule has 30 heavy (non-hydrogen) atoms. The molecule has 0 unspecified atom stereocenters. The molecule has 0 saturated heterocycles. The molecule has 0 radical (unpaired) electrons. The van der Waals surface area contributed by atoms with Crippen LogP contribution < -0.4 is 5.43 Å². The summed E-state index contributed by atoms with van der Waals surface area (Å²) in [5, 5.41) is 8.27. The second-order valence-electron chi connectivity index (χ2n) is 6.57. The first kappa shape index (κ1) is 19.3. The zero-order chi connectivity index (χ0) is 21.1. The van der Waals surface area contributed by atoms with Crippen molar-refractivity contribution in [1.82, 2.24) is 19.6 Å². The number of carbonyl (C=O) groups is 1. The largest absolute Gasteiger partial charge is 0.456 e. The van der Waals surface area contributed by atoms with Crippen LogP contribution in [-0.4, -0.2) is 25.5 Å². The molecular formula is C22H17FN4O3. The lowest BCUT2D eigenvalue weighted by Gasteiger charge is -2.11. The number of benzene rings is 2. The molecule has 2 aromatic heterocycles. The first-order valence-electron chi connectivity index (χ1n) is 9.15. The molecule has 8 heteroatoms. The van der Waals surface area contributed by atoms with E-state index in [1.165, 1.54) is 22.9 Å². The van der Waals surface area contributed by atoms with Gasteiger partial charge in [-0.2, -0.15) is 10.2 Å². The van der Waals surface area contributed by atoms with Crippen molar-refractivity contribution >= 4 is 5.97 Å². The van der Waals surface area contributed by atoms with Crippen LogP contribution in [0.25, 0.3) is 11.4 Å². The van der Waals surface area contributed by atoms with E-state index in [0.717, 1.165) is 5.69 Å². The van der Waals surface area contributed by atoms with Crippen molar-refractivity contribution < 1.29 is 13.9 Å². The third-order valence-electron chi connectivity index (χ3n) is 4.41. The van der Waals surface area contributed by atoms with Gasteiger partial charge in [-0.1, -0.05) is 30.3 Å². The van der Waals surface area contributed by atoms with Gasteiger partial charge in [0.25, 0.3) is 0 Å². The minimum Gasteiger partial charge on any atom is -0.456 e. The lowest BCUT2D eigenvalue weighted by atomic mass is 10.2. The van der Waals surface area contributed by atoms with Crippen molar-refractivity contribution in [2.24, 2.45) is 0 Å².